The van der Waals surface area contributed by atoms with Crippen LogP contribution >= 0.6 is 0 Å². The van der Waals surface area contributed by atoms with Crippen LogP contribution in [-0.4, -0.2) is 16.5 Å². The molecule has 90 valence electrons. The van der Waals surface area contributed by atoms with E-state index in [1.807, 2.05) is 42.9 Å². The van der Waals surface area contributed by atoms with Crippen molar-refractivity contribution in [3.05, 3.63) is 24.5 Å². The molecule has 0 aliphatic carbocycles. The van der Waals surface area contributed by atoms with Gasteiger partial charge in [-0.1, -0.05) is 13.8 Å². The van der Waals surface area contributed by atoms with Crippen LogP contribution in [0.2, 0.25) is 0 Å². The van der Waals surface area contributed by atoms with Crippen LogP contribution in [0.25, 0.3) is 0 Å². The van der Waals surface area contributed by atoms with E-state index in [1.165, 1.54) is 0 Å². The molecule has 0 aliphatic rings. The van der Waals surface area contributed by atoms with Gasteiger partial charge < -0.3 is 9.88 Å². The van der Waals surface area contributed by atoms with Crippen molar-refractivity contribution in [2.75, 3.05) is 0 Å². The summed E-state index contributed by atoms with van der Waals surface area (Å²) in [4.78, 5) is 12.1. The van der Waals surface area contributed by atoms with Gasteiger partial charge in [0.1, 0.15) is 6.04 Å². The normalized spacial score (nSPS) is 13.1. The molecule has 1 aromatic heterocycles. The van der Waals surface area contributed by atoms with Gasteiger partial charge >= 0.3 is 0 Å². The van der Waals surface area contributed by atoms with E-state index in [0.29, 0.717) is 5.92 Å². The highest BCUT2D eigenvalue weighted by Gasteiger charge is 2.20. The lowest BCUT2D eigenvalue weighted by Crippen LogP contribution is -2.37. The fraction of sp³-hybridized carbons (Fsp3) is 0.615. The Bertz CT molecular complexity index is 315. The van der Waals surface area contributed by atoms with Crippen LogP contribution in [0.4, 0.5) is 0 Å². The highest BCUT2D eigenvalue weighted by Crippen LogP contribution is 2.18. The molecule has 1 heterocycles. The summed E-state index contributed by atoms with van der Waals surface area (Å²) in [5, 5.41) is 2.98. The topological polar surface area (TPSA) is 34.0 Å². The minimum absolute atomic E-state index is 0.0857. The lowest BCUT2D eigenvalue weighted by Gasteiger charge is -2.21. The minimum atomic E-state index is -0.0857. The quantitative estimate of drug-likeness (QED) is 0.816. The van der Waals surface area contributed by atoms with Crippen molar-refractivity contribution in [3.63, 3.8) is 0 Å². The molecule has 1 rings (SSSR count). The Balaban J connectivity index is 2.75. The van der Waals surface area contributed by atoms with E-state index in [-0.39, 0.29) is 18.0 Å². The first-order valence-corrected chi connectivity index (χ1v) is 5.93. The van der Waals surface area contributed by atoms with Gasteiger partial charge in [-0.3, -0.25) is 4.79 Å². The van der Waals surface area contributed by atoms with Crippen molar-refractivity contribution < 1.29 is 4.79 Å². The molecule has 0 unspecified atom stereocenters. The van der Waals surface area contributed by atoms with Crippen molar-refractivity contribution in [2.24, 2.45) is 5.92 Å². The highest BCUT2D eigenvalue weighted by molar-refractivity contribution is 5.80. The Hall–Kier alpha value is -1.25. The van der Waals surface area contributed by atoms with Crippen LogP contribution in [0.3, 0.4) is 0 Å². The Morgan fingerprint density at radius 3 is 2.19 bits per heavy atom. The number of nitrogens with one attached hydrogen (secondary N) is 1. The number of hydrogen-bond acceptors (Lipinski definition) is 1. The molecule has 1 amide bonds. The summed E-state index contributed by atoms with van der Waals surface area (Å²) >= 11 is 0. The standard InChI is InChI=1S/C13H22N2O/c1-10(2)9-12(13(16)14-11(3)4)15-7-5-6-8-15/h5-8,10-12H,9H2,1-4H3,(H,14,16)/t12-/m0/s1. The molecule has 3 nitrogen and oxygen atoms in total. The van der Waals surface area contributed by atoms with Crippen molar-refractivity contribution >= 4 is 5.91 Å². The number of carbonyl (C=O) groups excluding carboxylic acids is 1. The fourth-order valence-corrected chi connectivity index (χ4v) is 1.75. The molecular weight excluding hydrogens is 200 g/mol. The number of hydrogen-bond donors (Lipinski definition) is 1. The monoisotopic (exact) mass is 222 g/mol. The summed E-state index contributed by atoms with van der Waals surface area (Å²) in [5.41, 5.74) is 0. The van der Waals surface area contributed by atoms with E-state index in [0.717, 1.165) is 6.42 Å². The zero-order valence-corrected chi connectivity index (χ0v) is 10.6. The summed E-state index contributed by atoms with van der Waals surface area (Å²) in [6.45, 7) is 8.25. The molecule has 0 spiro atoms. The Kier molecular flexibility index (Phi) is 4.59. The van der Waals surface area contributed by atoms with E-state index >= 15 is 0 Å². The minimum Gasteiger partial charge on any atom is -0.352 e. The molecule has 0 fully saturated rings. The molecule has 1 aromatic rings. The molecule has 0 saturated carbocycles. The zero-order chi connectivity index (χ0) is 12.1. The third-order valence-electron chi connectivity index (χ3n) is 2.42. The summed E-state index contributed by atoms with van der Waals surface area (Å²) in [7, 11) is 0. The van der Waals surface area contributed by atoms with Crippen LogP contribution in [0.5, 0.6) is 0 Å². The van der Waals surface area contributed by atoms with Crippen molar-refractivity contribution in [3.8, 4) is 0 Å². The Labute approximate surface area is 97.8 Å². The van der Waals surface area contributed by atoms with Gasteiger partial charge in [-0.2, -0.15) is 0 Å². The number of rotatable bonds is 5. The van der Waals surface area contributed by atoms with Crippen LogP contribution in [0, 0.1) is 5.92 Å². The van der Waals surface area contributed by atoms with E-state index in [4.69, 9.17) is 0 Å². The third kappa shape index (κ3) is 3.72. The van der Waals surface area contributed by atoms with Crippen molar-refractivity contribution in [1.82, 2.24) is 9.88 Å². The predicted molar refractivity (Wildman–Crippen MR) is 66.2 cm³/mol. The molecule has 0 aliphatic heterocycles. The summed E-state index contributed by atoms with van der Waals surface area (Å²) in [6.07, 6.45) is 4.77. The first-order chi connectivity index (χ1) is 7.50. The Morgan fingerprint density at radius 2 is 1.75 bits per heavy atom. The summed E-state index contributed by atoms with van der Waals surface area (Å²) in [5.74, 6) is 0.616. The molecule has 0 bridgehead atoms. The summed E-state index contributed by atoms with van der Waals surface area (Å²) < 4.78 is 1.98. The molecule has 0 saturated heterocycles. The molecule has 0 radical (unpaired) electrons. The van der Waals surface area contributed by atoms with Gasteiger partial charge in [0.25, 0.3) is 0 Å². The second-order valence-electron chi connectivity index (χ2n) is 4.94. The van der Waals surface area contributed by atoms with Gasteiger partial charge in [-0.25, -0.2) is 0 Å². The van der Waals surface area contributed by atoms with Gasteiger partial charge in [-0.05, 0) is 38.3 Å². The van der Waals surface area contributed by atoms with Crippen molar-refractivity contribution in [1.29, 1.82) is 0 Å². The maximum absolute atomic E-state index is 12.1. The van der Waals surface area contributed by atoms with Crippen LogP contribution in [0.1, 0.15) is 40.2 Å². The summed E-state index contributed by atoms with van der Waals surface area (Å²) in [6, 6.07) is 4.02. The average molecular weight is 222 g/mol. The van der Waals surface area contributed by atoms with Crippen LogP contribution in [0.15, 0.2) is 24.5 Å². The second-order valence-corrected chi connectivity index (χ2v) is 4.94. The largest absolute Gasteiger partial charge is 0.352 e. The lowest BCUT2D eigenvalue weighted by atomic mass is 10.0. The molecule has 1 N–H and O–H groups in total. The SMILES string of the molecule is CC(C)C[C@@H](C(=O)NC(C)C)n1cccc1. The molecular formula is C13H22N2O. The van der Waals surface area contributed by atoms with Crippen LogP contribution < -0.4 is 5.32 Å². The van der Waals surface area contributed by atoms with Crippen molar-refractivity contribution in [2.45, 2.75) is 46.2 Å². The average Bonchev–Trinajstić information content (AvgIpc) is 2.64. The zero-order valence-electron chi connectivity index (χ0n) is 10.6. The maximum atomic E-state index is 12.1. The van der Waals surface area contributed by atoms with Gasteiger partial charge in [-0.15, -0.1) is 0 Å². The predicted octanol–water partition coefficient (Wildman–Crippen LogP) is 2.60. The van der Waals surface area contributed by atoms with Gasteiger partial charge in [0.15, 0.2) is 0 Å². The van der Waals surface area contributed by atoms with Gasteiger partial charge in [0.2, 0.25) is 5.91 Å². The molecule has 16 heavy (non-hydrogen) atoms. The van der Waals surface area contributed by atoms with Crippen LogP contribution in [-0.2, 0) is 4.79 Å². The van der Waals surface area contributed by atoms with E-state index < -0.39 is 0 Å². The highest BCUT2D eigenvalue weighted by atomic mass is 16.2. The molecule has 1 atom stereocenters. The van der Waals surface area contributed by atoms with Gasteiger partial charge in [0, 0.05) is 18.4 Å². The number of aromatic nitrogens is 1. The Morgan fingerprint density at radius 1 is 1.19 bits per heavy atom. The molecule has 3 heteroatoms. The number of nitrogens with zero attached hydrogens (tertiary/aromatic N) is 1. The lowest BCUT2D eigenvalue weighted by molar-refractivity contribution is -0.125. The molecule has 0 aromatic carbocycles. The van der Waals surface area contributed by atoms with E-state index in [2.05, 4.69) is 19.2 Å². The first-order valence-electron chi connectivity index (χ1n) is 5.93. The van der Waals surface area contributed by atoms with Gasteiger partial charge in [0.05, 0.1) is 0 Å². The maximum Gasteiger partial charge on any atom is 0.243 e. The first kappa shape index (κ1) is 12.8. The number of amides is 1. The third-order valence-corrected chi connectivity index (χ3v) is 2.42. The fourth-order valence-electron chi connectivity index (χ4n) is 1.75. The van der Waals surface area contributed by atoms with E-state index in [1.54, 1.807) is 0 Å². The second kappa shape index (κ2) is 5.73. The number of carbonyl (C=O) groups is 1. The van der Waals surface area contributed by atoms with E-state index in [9.17, 15) is 4.79 Å². The smallest absolute Gasteiger partial charge is 0.243 e.